The molecule has 0 saturated heterocycles. The minimum atomic E-state index is 0.0969. The molecule has 0 N–H and O–H groups in total. The van der Waals surface area contributed by atoms with Crippen LogP contribution in [0, 0.1) is 0 Å². The van der Waals surface area contributed by atoms with Crippen LogP contribution in [0.15, 0.2) is 71.8 Å². The molecule has 2 aromatic carbocycles. The van der Waals surface area contributed by atoms with E-state index in [1.165, 1.54) is 0 Å². The third-order valence-electron chi connectivity index (χ3n) is 3.25. The predicted octanol–water partition coefficient (Wildman–Crippen LogP) is 3.30. The third-order valence-corrected chi connectivity index (χ3v) is 3.49. The normalized spacial score (nSPS) is 10.7. The fourth-order valence-electron chi connectivity index (χ4n) is 2.30. The van der Waals surface area contributed by atoms with Crippen LogP contribution in [0.4, 0.5) is 0 Å². The lowest BCUT2D eigenvalue weighted by atomic mass is 10.1. The first kappa shape index (κ1) is 12.9. The van der Waals surface area contributed by atoms with Gasteiger partial charge < -0.3 is 0 Å². The van der Waals surface area contributed by atoms with Gasteiger partial charge in [-0.3, -0.25) is 4.79 Å². The van der Waals surface area contributed by atoms with Crippen LogP contribution in [0.1, 0.15) is 10.4 Å². The number of ketones is 1. The molecule has 3 aromatic rings. The van der Waals surface area contributed by atoms with Crippen molar-refractivity contribution in [3.05, 3.63) is 72.4 Å². The highest BCUT2D eigenvalue weighted by Crippen LogP contribution is 2.14. The van der Waals surface area contributed by atoms with Crippen LogP contribution in [0.3, 0.4) is 0 Å². The van der Waals surface area contributed by atoms with E-state index in [0.717, 1.165) is 21.4 Å². The summed E-state index contributed by atoms with van der Waals surface area (Å²) in [6, 6.07) is 19.4. The van der Waals surface area contributed by atoms with Gasteiger partial charge in [-0.25, -0.2) is 0 Å². The zero-order chi connectivity index (χ0) is 13.9. The van der Waals surface area contributed by atoms with Crippen molar-refractivity contribution in [2.75, 3.05) is 0 Å². The third kappa shape index (κ3) is 2.58. The summed E-state index contributed by atoms with van der Waals surface area (Å²) in [5, 5.41) is 1.08. The number of rotatable bonds is 3. The van der Waals surface area contributed by atoms with Gasteiger partial charge in [0, 0.05) is 17.0 Å². The maximum Gasteiger partial charge on any atom is 0.227 e. The minimum Gasteiger partial charge on any atom is -0.287 e. The largest absolute Gasteiger partial charge is 0.287 e. The molecule has 1 heterocycles. The molecule has 0 atom stereocenters. The lowest BCUT2D eigenvalue weighted by Crippen LogP contribution is -2.38. The summed E-state index contributed by atoms with van der Waals surface area (Å²) in [5.74, 6) is 0.0969. The first-order chi connectivity index (χ1) is 9.74. The smallest absolute Gasteiger partial charge is 0.227 e. The molecule has 0 amide bonds. The van der Waals surface area contributed by atoms with Gasteiger partial charge in [0.2, 0.25) is 17.8 Å². The van der Waals surface area contributed by atoms with Crippen LogP contribution in [0.25, 0.3) is 10.9 Å². The van der Waals surface area contributed by atoms with Gasteiger partial charge in [-0.05, 0) is 12.1 Å². The van der Waals surface area contributed by atoms with Gasteiger partial charge in [0.1, 0.15) is 0 Å². The van der Waals surface area contributed by atoms with Gasteiger partial charge in [-0.15, -0.1) is 12.6 Å². The van der Waals surface area contributed by atoms with Crippen molar-refractivity contribution in [2.24, 2.45) is 0 Å². The Morgan fingerprint density at radius 3 is 2.50 bits per heavy atom. The van der Waals surface area contributed by atoms with E-state index < -0.39 is 0 Å². The summed E-state index contributed by atoms with van der Waals surface area (Å²) in [4.78, 5) is 13.2. The lowest BCUT2D eigenvalue weighted by Gasteiger charge is -2.02. The Bertz CT molecular complexity index is 768. The minimum absolute atomic E-state index is 0.0969. The first-order valence-corrected chi connectivity index (χ1v) is 6.88. The van der Waals surface area contributed by atoms with Crippen molar-refractivity contribution in [2.45, 2.75) is 11.4 Å². The van der Waals surface area contributed by atoms with Crippen molar-refractivity contribution < 1.29 is 9.36 Å². The fraction of sp³-hybridized carbons (Fsp3) is 0.0588. The highest BCUT2D eigenvalue weighted by molar-refractivity contribution is 7.80. The number of fused-ring (bicyclic) bond motifs is 1. The number of para-hydroxylation sites is 1. The molecule has 0 aliphatic heterocycles. The molecule has 98 valence electrons. The van der Waals surface area contributed by atoms with E-state index in [2.05, 4.69) is 12.6 Å². The van der Waals surface area contributed by atoms with E-state index in [0.29, 0.717) is 6.54 Å². The fourth-order valence-corrected chi connectivity index (χ4v) is 2.58. The molecule has 2 nitrogen and oxygen atoms in total. The monoisotopic (exact) mass is 280 g/mol. The van der Waals surface area contributed by atoms with E-state index >= 15 is 0 Å². The van der Waals surface area contributed by atoms with Crippen LogP contribution in [0.5, 0.6) is 0 Å². The summed E-state index contributed by atoms with van der Waals surface area (Å²) in [5.41, 5.74) is 1.77. The number of pyridine rings is 1. The number of nitrogens with zero attached hydrogens (tertiary/aromatic N) is 1. The molecule has 3 heteroatoms. The average molecular weight is 280 g/mol. The Morgan fingerprint density at radius 1 is 1.00 bits per heavy atom. The van der Waals surface area contributed by atoms with E-state index in [4.69, 9.17) is 0 Å². The summed E-state index contributed by atoms with van der Waals surface area (Å²) < 4.78 is 1.95. The zero-order valence-electron chi connectivity index (χ0n) is 10.9. The SMILES string of the molecule is O=C(C[n+]1cc(S)cc2ccccc21)c1ccccc1. The molecule has 0 aliphatic carbocycles. The Hall–Kier alpha value is -2.13. The highest BCUT2D eigenvalue weighted by atomic mass is 32.1. The highest BCUT2D eigenvalue weighted by Gasteiger charge is 2.15. The second-order valence-electron chi connectivity index (χ2n) is 4.67. The number of benzene rings is 2. The molecule has 0 bridgehead atoms. The second kappa shape index (κ2) is 5.47. The average Bonchev–Trinajstić information content (AvgIpc) is 2.48. The first-order valence-electron chi connectivity index (χ1n) is 6.43. The quantitative estimate of drug-likeness (QED) is 0.443. The van der Waals surface area contributed by atoms with Crippen molar-refractivity contribution in [1.29, 1.82) is 0 Å². The van der Waals surface area contributed by atoms with Crippen LogP contribution in [0.2, 0.25) is 0 Å². The Labute approximate surface area is 123 Å². The van der Waals surface area contributed by atoms with Crippen LogP contribution in [-0.2, 0) is 6.54 Å². The van der Waals surface area contributed by atoms with Crippen molar-refractivity contribution >= 4 is 29.3 Å². The second-order valence-corrected chi connectivity index (χ2v) is 5.19. The van der Waals surface area contributed by atoms with Crippen molar-refractivity contribution in [3.8, 4) is 0 Å². The van der Waals surface area contributed by atoms with Gasteiger partial charge in [0.15, 0.2) is 6.20 Å². The summed E-state index contributed by atoms with van der Waals surface area (Å²) in [7, 11) is 0. The van der Waals surface area contributed by atoms with Gasteiger partial charge >= 0.3 is 0 Å². The Balaban J connectivity index is 2.01. The van der Waals surface area contributed by atoms with Gasteiger partial charge in [0.05, 0.1) is 4.90 Å². The van der Waals surface area contributed by atoms with Crippen LogP contribution < -0.4 is 4.57 Å². The van der Waals surface area contributed by atoms with Gasteiger partial charge in [0.25, 0.3) is 0 Å². The molecule has 3 rings (SSSR count). The predicted molar refractivity (Wildman–Crippen MR) is 82.2 cm³/mol. The van der Waals surface area contributed by atoms with Gasteiger partial charge in [-0.1, -0.05) is 42.5 Å². The van der Waals surface area contributed by atoms with Crippen molar-refractivity contribution in [3.63, 3.8) is 0 Å². The van der Waals surface area contributed by atoms with E-state index in [9.17, 15) is 4.79 Å². The molecule has 20 heavy (non-hydrogen) atoms. The molecular formula is C17H14NOS+. The number of hydrogen-bond donors (Lipinski definition) is 1. The Morgan fingerprint density at radius 2 is 1.70 bits per heavy atom. The maximum atomic E-state index is 12.3. The summed E-state index contributed by atoms with van der Waals surface area (Å²) in [6.07, 6.45) is 1.90. The summed E-state index contributed by atoms with van der Waals surface area (Å²) in [6.45, 7) is 0.318. The van der Waals surface area contributed by atoms with E-state index in [1.54, 1.807) is 0 Å². The van der Waals surface area contributed by atoms with E-state index in [1.807, 2.05) is 71.4 Å². The zero-order valence-corrected chi connectivity index (χ0v) is 11.8. The molecule has 0 radical (unpaired) electrons. The summed E-state index contributed by atoms with van der Waals surface area (Å²) >= 11 is 4.41. The topological polar surface area (TPSA) is 20.9 Å². The number of carbonyl (C=O) groups is 1. The molecule has 0 aliphatic rings. The number of Topliss-reactive ketones (excluding diaryl/α,β-unsaturated/α-hetero) is 1. The van der Waals surface area contributed by atoms with Crippen LogP contribution >= 0.6 is 12.6 Å². The number of carbonyl (C=O) groups excluding carboxylic acids is 1. The standard InChI is InChI=1S/C17H13NOS/c19-17(13-6-2-1-3-7-13)12-18-11-15(20)10-14-8-4-5-9-16(14)18/h1-11H,12H2/p+1. The molecular weight excluding hydrogens is 266 g/mol. The number of aromatic nitrogens is 1. The van der Waals surface area contributed by atoms with Gasteiger partial charge in [-0.2, -0.15) is 4.57 Å². The number of hydrogen-bond acceptors (Lipinski definition) is 2. The molecule has 0 fully saturated rings. The lowest BCUT2D eigenvalue weighted by molar-refractivity contribution is -0.658. The molecule has 1 aromatic heterocycles. The maximum absolute atomic E-state index is 12.3. The van der Waals surface area contributed by atoms with E-state index in [-0.39, 0.29) is 5.78 Å². The Kier molecular flexibility index (Phi) is 3.52. The van der Waals surface area contributed by atoms with Crippen molar-refractivity contribution in [1.82, 2.24) is 0 Å². The number of thiol groups is 1. The molecule has 0 unspecified atom stereocenters. The van der Waals surface area contributed by atoms with Crippen LogP contribution in [-0.4, -0.2) is 5.78 Å². The molecule has 0 spiro atoms. The molecule has 0 saturated carbocycles.